The van der Waals surface area contributed by atoms with Crippen LogP contribution in [0.3, 0.4) is 0 Å². The SMILES string of the molecule is CC(C)CC(C)(C)CNC(=O)C1CCC(=O)CC1. The van der Waals surface area contributed by atoms with Gasteiger partial charge in [-0.1, -0.05) is 27.7 Å². The zero-order valence-electron chi connectivity index (χ0n) is 12.2. The van der Waals surface area contributed by atoms with E-state index in [1.54, 1.807) is 0 Å². The van der Waals surface area contributed by atoms with E-state index in [0.29, 0.717) is 24.5 Å². The van der Waals surface area contributed by atoms with Crippen molar-refractivity contribution in [1.82, 2.24) is 5.32 Å². The summed E-state index contributed by atoms with van der Waals surface area (Å²) in [6, 6.07) is 0. The summed E-state index contributed by atoms with van der Waals surface area (Å²) in [7, 11) is 0. The number of nitrogens with one attached hydrogen (secondary N) is 1. The van der Waals surface area contributed by atoms with E-state index in [4.69, 9.17) is 0 Å². The Morgan fingerprint density at radius 2 is 1.89 bits per heavy atom. The van der Waals surface area contributed by atoms with Gasteiger partial charge in [-0.2, -0.15) is 0 Å². The number of carbonyl (C=O) groups excluding carboxylic acids is 2. The molecular formula is C15H27NO2. The molecule has 1 rings (SSSR count). The minimum atomic E-state index is 0.0533. The second kappa shape index (κ2) is 6.35. The number of ketones is 1. The summed E-state index contributed by atoms with van der Waals surface area (Å²) < 4.78 is 0. The van der Waals surface area contributed by atoms with E-state index in [2.05, 4.69) is 33.0 Å². The molecular weight excluding hydrogens is 226 g/mol. The monoisotopic (exact) mass is 253 g/mol. The lowest BCUT2D eigenvalue weighted by Crippen LogP contribution is -2.39. The molecule has 0 aromatic carbocycles. The largest absolute Gasteiger partial charge is 0.355 e. The van der Waals surface area contributed by atoms with E-state index in [-0.39, 0.29) is 17.2 Å². The van der Waals surface area contributed by atoms with Gasteiger partial charge in [0.05, 0.1) is 0 Å². The van der Waals surface area contributed by atoms with Crippen molar-refractivity contribution in [2.24, 2.45) is 17.3 Å². The Morgan fingerprint density at radius 3 is 2.39 bits per heavy atom. The number of amides is 1. The van der Waals surface area contributed by atoms with Crippen LogP contribution < -0.4 is 5.32 Å². The van der Waals surface area contributed by atoms with Gasteiger partial charge in [-0.3, -0.25) is 9.59 Å². The minimum Gasteiger partial charge on any atom is -0.355 e. The quantitative estimate of drug-likeness (QED) is 0.819. The smallest absolute Gasteiger partial charge is 0.223 e. The molecule has 0 saturated heterocycles. The molecule has 3 heteroatoms. The first-order valence-electron chi connectivity index (χ1n) is 7.09. The van der Waals surface area contributed by atoms with Crippen LogP contribution in [0, 0.1) is 17.3 Å². The molecule has 0 spiro atoms. The van der Waals surface area contributed by atoms with E-state index >= 15 is 0 Å². The third kappa shape index (κ3) is 5.19. The molecule has 0 bridgehead atoms. The van der Waals surface area contributed by atoms with Crippen molar-refractivity contribution in [1.29, 1.82) is 0 Å². The maximum atomic E-state index is 12.0. The Labute approximate surface area is 111 Å². The number of carbonyl (C=O) groups is 2. The van der Waals surface area contributed by atoms with Crippen molar-refractivity contribution < 1.29 is 9.59 Å². The summed E-state index contributed by atoms with van der Waals surface area (Å²) in [5.41, 5.74) is 0.147. The van der Waals surface area contributed by atoms with Gasteiger partial charge in [0.25, 0.3) is 0 Å². The zero-order chi connectivity index (χ0) is 13.8. The molecule has 3 nitrogen and oxygen atoms in total. The van der Waals surface area contributed by atoms with Crippen molar-refractivity contribution in [3.05, 3.63) is 0 Å². The van der Waals surface area contributed by atoms with Gasteiger partial charge in [-0.25, -0.2) is 0 Å². The third-order valence-corrected chi connectivity index (χ3v) is 3.62. The molecule has 0 radical (unpaired) electrons. The predicted octanol–water partition coefficient (Wildman–Crippen LogP) is 2.93. The van der Waals surface area contributed by atoms with Gasteiger partial charge in [0.1, 0.15) is 5.78 Å². The lowest BCUT2D eigenvalue weighted by molar-refractivity contribution is -0.128. The second-order valence-electron chi connectivity index (χ2n) is 6.79. The average Bonchev–Trinajstić information content (AvgIpc) is 2.25. The van der Waals surface area contributed by atoms with E-state index in [0.717, 1.165) is 25.8 Å². The molecule has 104 valence electrons. The molecule has 0 aromatic rings. The Hall–Kier alpha value is -0.860. The first-order chi connectivity index (χ1) is 8.30. The van der Waals surface area contributed by atoms with Crippen LogP contribution in [0.15, 0.2) is 0 Å². The number of rotatable bonds is 5. The average molecular weight is 253 g/mol. The molecule has 0 unspecified atom stereocenters. The van der Waals surface area contributed by atoms with Gasteiger partial charge >= 0.3 is 0 Å². The maximum Gasteiger partial charge on any atom is 0.223 e. The molecule has 0 atom stereocenters. The van der Waals surface area contributed by atoms with Crippen molar-refractivity contribution in [3.8, 4) is 0 Å². The van der Waals surface area contributed by atoms with E-state index in [9.17, 15) is 9.59 Å². The van der Waals surface area contributed by atoms with Crippen LogP contribution in [0.5, 0.6) is 0 Å². The van der Waals surface area contributed by atoms with E-state index in [1.165, 1.54) is 0 Å². The maximum absolute atomic E-state index is 12.0. The lowest BCUT2D eigenvalue weighted by atomic mass is 9.83. The predicted molar refractivity (Wildman–Crippen MR) is 73.2 cm³/mol. The van der Waals surface area contributed by atoms with Crippen LogP contribution in [0.4, 0.5) is 0 Å². The van der Waals surface area contributed by atoms with Gasteiger partial charge in [0.2, 0.25) is 5.91 Å². The molecule has 1 fully saturated rings. The fraction of sp³-hybridized carbons (Fsp3) is 0.867. The van der Waals surface area contributed by atoms with Gasteiger partial charge < -0.3 is 5.32 Å². The van der Waals surface area contributed by atoms with Gasteiger partial charge in [-0.15, -0.1) is 0 Å². The molecule has 1 saturated carbocycles. The molecule has 0 aliphatic heterocycles. The molecule has 1 N–H and O–H groups in total. The van der Waals surface area contributed by atoms with Gasteiger partial charge in [-0.05, 0) is 30.6 Å². The van der Waals surface area contributed by atoms with Crippen molar-refractivity contribution in [3.63, 3.8) is 0 Å². The minimum absolute atomic E-state index is 0.0533. The highest BCUT2D eigenvalue weighted by Gasteiger charge is 2.26. The Morgan fingerprint density at radius 1 is 1.33 bits per heavy atom. The Balaban J connectivity index is 2.34. The molecule has 1 aliphatic rings. The summed E-state index contributed by atoms with van der Waals surface area (Å²) in [6.45, 7) is 9.52. The van der Waals surface area contributed by atoms with Gasteiger partial charge in [0.15, 0.2) is 0 Å². The molecule has 1 aliphatic carbocycles. The first kappa shape index (κ1) is 15.2. The fourth-order valence-electron chi connectivity index (χ4n) is 2.85. The van der Waals surface area contributed by atoms with Crippen LogP contribution in [-0.4, -0.2) is 18.2 Å². The van der Waals surface area contributed by atoms with Crippen LogP contribution in [0.1, 0.15) is 59.8 Å². The highest BCUT2D eigenvalue weighted by Crippen LogP contribution is 2.25. The van der Waals surface area contributed by atoms with Gasteiger partial charge in [0, 0.05) is 25.3 Å². The highest BCUT2D eigenvalue weighted by molar-refractivity contribution is 5.84. The zero-order valence-corrected chi connectivity index (χ0v) is 12.2. The third-order valence-electron chi connectivity index (χ3n) is 3.62. The summed E-state index contributed by atoms with van der Waals surface area (Å²) in [5, 5.41) is 3.06. The number of hydrogen-bond donors (Lipinski definition) is 1. The Kier molecular flexibility index (Phi) is 5.36. The van der Waals surface area contributed by atoms with Crippen LogP contribution in [-0.2, 0) is 9.59 Å². The Bertz CT molecular complexity index is 298. The van der Waals surface area contributed by atoms with Crippen molar-refractivity contribution >= 4 is 11.7 Å². The summed E-state index contributed by atoms with van der Waals surface area (Å²) in [4.78, 5) is 23.2. The first-order valence-corrected chi connectivity index (χ1v) is 7.09. The summed E-state index contributed by atoms with van der Waals surface area (Å²) in [5.74, 6) is 1.14. The number of Topliss-reactive ketones (excluding diaryl/α,β-unsaturated/α-hetero) is 1. The molecule has 0 aromatic heterocycles. The molecule has 1 amide bonds. The topological polar surface area (TPSA) is 46.2 Å². The van der Waals surface area contributed by atoms with E-state index < -0.39 is 0 Å². The fourth-order valence-corrected chi connectivity index (χ4v) is 2.85. The molecule has 18 heavy (non-hydrogen) atoms. The van der Waals surface area contributed by atoms with Crippen LogP contribution in [0.25, 0.3) is 0 Å². The molecule has 0 heterocycles. The van der Waals surface area contributed by atoms with Crippen molar-refractivity contribution in [2.75, 3.05) is 6.54 Å². The highest BCUT2D eigenvalue weighted by atomic mass is 16.2. The lowest BCUT2D eigenvalue weighted by Gasteiger charge is -2.28. The van der Waals surface area contributed by atoms with Crippen LogP contribution >= 0.6 is 0 Å². The number of hydrogen-bond acceptors (Lipinski definition) is 2. The normalized spacial score (nSPS) is 18.2. The summed E-state index contributed by atoms with van der Waals surface area (Å²) >= 11 is 0. The van der Waals surface area contributed by atoms with Crippen molar-refractivity contribution in [2.45, 2.75) is 59.8 Å². The summed E-state index contributed by atoms with van der Waals surface area (Å²) in [6.07, 6.45) is 3.72. The van der Waals surface area contributed by atoms with E-state index in [1.807, 2.05) is 0 Å². The standard InChI is InChI=1S/C15H27NO2/c1-11(2)9-15(3,4)10-16-14(18)12-5-7-13(17)8-6-12/h11-12H,5-10H2,1-4H3,(H,16,18). The van der Waals surface area contributed by atoms with Crippen LogP contribution in [0.2, 0.25) is 0 Å². The second-order valence-corrected chi connectivity index (χ2v) is 6.79.